The summed E-state index contributed by atoms with van der Waals surface area (Å²) in [7, 11) is -0.404. The number of hydrogen-bond acceptors (Lipinski definition) is 4. The van der Waals surface area contributed by atoms with E-state index in [1.54, 1.807) is 0 Å². The summed E-state index contributed by atoms with van der Waals surface area (Å²) < 4.78 is 1.02. The van der Waals surface area contributed by atoms with Gasteiger partial charge in [-0.1, -0.05) is 39.7 Å². The zero-order valence-electron chi connectivity index (χ0n) is 14.6. The molecule has 1 aromatic carbocycles. The normalized spacial score (nSPS) is 20.8. The first-order chi connectivity index (χ1) is 12.5. The van der Waals surface area contributed by atoms with Gasteiger partial charge < -0.3 is 9.83 Å². The van der Waals surface area contributed by atoms with Crippen molar-refractivity contribution in [3.05, 3.63) is 63.9 Å². The summed E-state index contributed by atoms with van der Waals surface area (Å²) in [5, 5.41) is 10.6. The van der Waals surface area contributed by atoms with Crippen LogP contribution in [0, 0.1) is 0 Å². The number of hydrogen-bond donors (Lipinski definition) is 1. The molecule has 2 aliphatic rings. The quantitative estimate of drug-likeness (QED) is 0.734. The van der Waals surface area contributed by atoms with Crippen molar-refractivity contribution in [3.8, 4) is 0 Å². The maximum atomic E-state index is 9.87. The van der Waals surface area contributed by atoms with E-state index in [1.807, 2.05) is 31.2 Å². The van der Waals surface area contributed by atoms with E-state index in [0.717, 1.165) is 52.5 Å². The van der Waals surface area contributed by atoms with Crippen LogP contribution < -0.4 is 0 Å². The van der Waals surface area contributed by atoms with Crippen molar-refractivity contribution >= 4 is 45.1 Å². The van der Waals surface area contributed by atoms with Gasteiger partial charge in [0.05, 0.1) is 11.7 Å². The van der Waals surface area contributed by atoms with Gasteiger partial charge in [-0.05, 0) is 47.8 Å². The summed E-state index contributed by atoms with van der Waals surface area (Å²) in [6, 6.07) is 10.2. The highest BCUT2D eigenvalue weighted by Gasteiger charge is 2.33. The Hall–Kier alpha value is -1.18. The van der Waals surface area contributed by atoms with Crippen LogP contribution in [0.25, 0.3) is 10.6 Å². The van der Waals surface area contributed by atoms with Crippen molar-refractivity contribution < 1.29 is 5.02 Å². The minimum Gasteiger partial charge on any atom is -0.437 e. The molecule has 4 rings (SSSR count). The fraction of sp³-hybridized carbons (Fsp3) is 0.316. The summed E-state index contributed by atoms with van der Waals surface area (Å²) >= 11 is 10.0. The van der Waals surface area contributed by atoms with Crippen LogP contribution in [0.4, 0.5) is 0 Å². The fourth-order valence-electron chi connectivity index (χ4n) is 3.85. The molecule has 1 aromatic heterocycles. The molecule has 1 atom stereocenters. The van der Waals surface area contributed by atoms with Gasteiger partial charge >= 0.3 is 7.05 Å². The maximum Gasteiger partial charge on any atom is 0.376 e. The minimum atomic E-state index is -0.404. The standard InChI is InChI=1S/C19H20BBrClN3O/c1-20(26)25-9-7-24(8-10-25)19-15-5-4-14(22)12-16(15)17(21)11-13-3-2-6-23-18(13)19/h2-6,11-12,19,26H,7-10H2,1H3/t19-/m0/s1. The maximum absolute atomic E-state index is 9.87. The second kappa shape index (κ2) is 7.45. The highest BCUT2D eigenvalue weighted by atomic mass is 79.9. The van der Waals surface area contributed by atoms with Crippen LogP contribution >= 0.6 is 27.5 Å². The van der Waals surface area contributed by atoms with E-state index in [9.17, 15) is 5.02 Å². The number of piperazine rings is 1. The van der Waals surface area contributed by atoms with Crippen LogP contribution in [0.15, 0.2) is 36.5 Å². The smallest absolute Gasteiger partial charge is 0.376 e. The fourth-order valence-corrected chi connectivity index (χ4v) is 4.62. The van der Waals surface area contributed by atoms with Crippen LogP contribution in [0.3, 0.4) is 0 Å². The first-order valence-electron chi connectivity index (χ1n) is 8.82. The van der Waals surface area contributed by atoms with Crippen molar-refractivity contribution in [1.82, 2.24) is 14.7 Å². The van der Waals surface area contributed by atoms with Crippen LogP contribution in [0.1, 0.15) is 28.4 Å². The summed E-state index contributed by atoms with van der Waals surface area (Å²) in [6.45, 7) is 5.27. The molecular weight excluding hydrogens is 412 g/mol. The van der Waals surface area contributed by atoms with E-state index >= 15 is 0 Å². The first kappa shape index (κ1) is 18.2. The molecule has 4 nitrogen and oxygen atoms in total. The topological polar surface area (TPSA) is 39.6 Å². The number of nitrogens with zero attached hydrogens (tertiary/aromatic N) is 3. The molecule has 0 radical (unpaired) electrons. The Morgan fingerprint density at radius 2 is 2.00 bits per heavy atom. The Labute approximate surface area is 167 Å². The van der Waals surface area contributed by atoms with E-state index in [0.29, 0.717) is 0 Å². The predicted molar refractivity (Wildman–Crippen MR) is 111 cm³/mol. The number of benzene rings is 1. The second-order valence-electron chi connectivity index (χ2n) is 6.81. The lowest BCUT2D eigenvalue weighted by Crippen LogP contribution is -2.52. The highest BCUT2D eigenvalue weighted by Crippen LogP contribution is 2.42. The third-order valence-electron chi connectivity index (χ3n) is 5.22. The SMILES string of the molecule is CB(O)N1CCN([C@H]2c3ccc(Cl)cc3C(Br)=Cc3cccnc32)CC1. The third kappa shape index (κ3) is 3.37. The van der Waals surface area contributed by atoms with Crippen molar-refractivity contribution in [2.75, 3.05) is 26.2 Å². The van der Waals surface area contributed by atoms with Gasteiger partial charge in [0.25, 0.3) is 0 Å². The average Bonchev–Trinajstić information content (AvgIpc) is 2.76. The monoisotopic (exact) mass is 431 g/mol. The predicted octanol–water partition coefficient (Wildman–Crippen LogP) is 3.76. The van der Waals surface area contributed by atoms with Crippen LogP contribution in [-0.4, -0.2) is 52.9 Å². The lowest BCUT2D eigenvalue weighted by atomic mass is 9.84. The molecule has 1 saturated heterocycles. The highest BCUT2D eigenvalue weighted by molar-refractivity contribution is 9.15. The van der Waals surface area contributed by atoms with E-state index in [2.05, 4.69) is 43.8 Å². The largest absolute Gasteiger partial charge is 0.437 e. The number of pyridine rings is 1. The molecule has 2 heterocycles. The van der Waals surface area contributed by atoms with Gasteiger partial charge in [-0.3, -0.25) is 9.88 Å². The summed E-state index contributed by atoms with van der Waals surface area (Å²) in [5.41, 5.74) is 4.50. The summed E-state index contributed by atoms with van der Waals surface area (Å²) in [4.78, 5) is 9.30. The molecule has 0 bridgehead atoms. The number of fused-ring (bicyclic) bond motifs is 2. The van der Waals surface area contributed by atoms with E-state index in [4.69, 9.17) is 16.6 Å². The zero-order valence-corrected chi connectivity index (χ0v) is 16.9. The van der Waals surface area contributed by atoms with E-state index < -0.39 is 7.05 Å². The lowest BCUT2D eigenvalue weighted by molar-refractivity contribution is 0.144. The Kier molecular flexibility index (Phi) is 5.21. The molecule has 2 aromatic rings. The summed E-state index contributed by atoms with van der Waals surface area (Å²) in [6.07, 6.45) is 3.99. The number of rotatable bonds is 2. The number of aromatic nitrogens is 1. The summed E-state index contributed by atoms with van der Waals surface area (Å²) in [5.74, 6) is 0. The van der Waals surface area contributed by atoms with Gasteiger partial charge in [0.1, 0.15) is 0 Å². The molecule has 1 N–H and O–H groups in total. The molecule has 134 valence electrons. The molecule has 26 heavy (non-hydrogen) atoms. The molecule has 0 amide bonds. The number of halogens is 2. The lowest BCUT2D eigenvalue weighted by Gasteiger charge is -2.40. The molecule has 0 spiro atoms. The van der Waals surface area contributed by atoms with Crippen molar-refractivity contribution in [1.29, 1.82) is 0 Å². The molecule has 1 aliphatic heterocycles. The molecule has 0 saturated carbocycles. The van der Waals surface area contributed by atoms with Gasteiger partial charge in [-0.25, -0.2) is 0 Å². The zero-order chi connectivity index (χ0) is 18.3. The van der Waals surface area contributed by atoms with E-state index in [-0.39, 0.29) is 6.04 Å². The van der Waals surface area contributed by atoms with Crippen LogP contribution in [0.5, 0.6) is 0 Å². The van der Waals surface area contributed by atoms with Gasteiger partial charge in [-0.15, -0.1) is 0 Å². The second-order valence-corrected chi connectivity index (χ2v) is 8.10. The molecular formula is C19H20BBrClN3O. The molecule has 1 fully saturated rings. The van der Waals surface area contributed by atoms with Crippen molar-refractivity contribution in [2.24, 2.45) is 0 Å². The molecule has 1 aliphatic carbocycles. The Morgan fingerprint density at radius 3 is 2.73 bits per heavy atom. The van der Waals surface area contributed by atoms with Gasteiger partial charge in [0.2, 0.25) is 0 Å². The van der Waals surface area contributed by atoms with E-state index in [1.165, 1.54) is 5.56 Å². The Balaban J connectivity index is 1.79. The molecule has 7 heteroatoms. The average molecular weight is 433 g/mol. The van der Waals surface area contributed by atoms with Gasteiger partial charge in [0, 0.05) is 41.9 Å². The van der Waals surface area contributed by atoms with Gasteiger partial charge in [0.15, 0.2) is 0 Å². The first-order valence-corrected chi connectivity index (χ1v) is 10.00. The van der Waals surface area contributed by atoms with Crippen LogP contribution in [-0.2, 0) is 0 Å². The molecule has 0 unspecified atom stereocenters. The van der Waals surface area contributed by atoms with Crippen molar-refractivity contribution in [2.45, 2.75) is 12.9 Å². The van der Waals surface area contributed by atoms with Gasteiger partial charge in [-0.2, -0.15) is 0 Å². The minimum absolute atomic E-state index is 0.0703. The Morgan fingerprint density at radius 1 is 1.23 bits per heavy atom. The third-order valence-corrected chi connectivity index (χ3v) is 6.11. The van der Waals surface area contributed by atoms with Crippen molar-refractivity contribution in [3.63, 3.8) is 0 Å². The van der Waals surface area contributed by atoms with Crippen LogP contribution in [0.2, 0.25) is 11.8 Å². The Bertz CT molecular complexity index is 852.